The molecule has 5 nitrogen and oxygen atoms in total. The molecule has 3 aromatic rings. The lowest BCUT2D eigenvalue weighted by molar-refractivity contribution is 0.300. The summed E-state index contributed by atoms with van der Waals surface area (Å²) in [7, 11) is 0. The molecule has 20 heavy (non-hydrogen) atoms. The van der Waals surface area contributed by atoms with E-state index in [-0.39, 0.29) is 12.2 Å². The van der Waals surface area contributed by atoms with Crippen molar-refractivity contribution in [2.24, 2.45) is 0 Å². The van der Waals surface area contributed by atoms with Gasteiger partial charge in [0.05, 0.1) is 11.0 Å². The van der Waals surface area contributed by atoms with E-state index in [1.165, 1.54) is 0 Å². The van der Waals surface area contributed by atoms with Crippen LogP contribution in [0.3, 0.4) is 0 Å². The number of hydrogen-bond acceptors (Lipinski definition) is 4. The highest BCUT2D eigenvalue weighted by molar-refractivity contribution is 5.73. The first-order valence-corrected chi connectivity index (χ1v) is 6.19. The van der Waals surface area contributed by atoms with Crippen LogP contribution in [0, 0.1) is 0 Å². The Hall–Kier alpha value is -2.82. The molecule has 1 heterocycles. The number of nitrogens with zero attached hydrogens (tertiary/aromatic N) is 1. The fourth-order valence-electron chi connectivity index (χ4n) is 1.88. The Bertz CT molecular complexity index is 794. The molecule has 2 aromatic carbocycles. The number of nitrogens with one attached hydrogen (secondary N) is 1. The van der Waals surface area contributed by atoms with Gasteiger partial charge in [-0.3, -0.25) is 4.79 Å². The average Bonchev–Trinajstić information content (AvgIpc) is 2.47. The van der Waals surface area contributed by atoms with Gasteiger partial charge in [-0.25, -0.2) is 4.98 Å². The van der Waals surface area contributed by atoms with E-state index in [0.29, 0.717) is 22.6 Å². The molecule has 0 atom stereocenters. The second-order valence-electron chi connectivity index (χ2n) is 4.39. The Kier molecular flexibility index (Phi) is 3.09. The SMILES string of the molecule is Nc1ccc(OCc2nc3ccccc3[nH]c2=O)cc1. The fraction of sp³-hybridized carbons (Fsp3) is 0.0667. The van der Waals surface area contributed by atoms with Gasteiger partial charge in [-0.1, -0.05) is 12.1 Å². The van der Waals surface area contributed by atoms with E-state index in [4.69, 9.17) is 10.5 Å². The Morgan fingerprint density at radius 3 is 2.65 bits per heavy atom. The molecule has 0 amide bonds. The Labute approximate surface area is 115 Å². The molecule has 3 rings (SSSR count). The fourth-order valence-corrected chi connectivity index (χ4v) is 1.88. The van der Waals surface area contributed by atoms with Crippen molar-refractivity contribution in [3.63, 3.8) is 0 Å². The number of nitrogens with two attached hydrogens (primary N) is 1. The van der Waals surface area contributed by atoms with Crippen LogP contribution in [0.4, 0.5) is 5.69 Å². The molecule has 0 unspecified atom stereocenters. The zero-order chi connectivity index (χ0) is 13.9. The molecule has 3 N–H and O–H groups in total. The number of ether oxygens (including phenoxy) is 1. The van der Waals surface area contributed by atoms with Crippen LogP contribution >= 0.6 is 0 Å². The number of H-pyrrole nitrogens is 1. The summed E-state index contributed by atoms with van der Waals surface area (Å²) in [5.41, 5.74) is 7.83. The molecule has 0 spiro atoms. The molecule has 0 fully saturated rings. The molecule has 0 radical (unpaired) electrons. The van der Waals surface area contributed by atoms with Gasteiger partial charge in [-0.05, 0) is 36.4 Å². The maximum Gasteiger partial charge on any atom is 0.273 e. The van der Waals surface area contributed by atoms with Gasteiger partial charge in [-0.15, -0.1) is 0 Å². The molecule has 0 aliphatic rings. The van der Waals surface area contributed by atoms with Crippen molar-refractivity contribution in [1.82, 2.24) is 9.97 Å². The lowest BCUT2D eigenvalue weighted by atomic mass is 10.3. The van der Waals surface area contributed by atoms with Gasteiger partial charge in [0, 0.05) is 5.69 Å². The van der Waals surface area contributed by atoms with Crippen molar-refractivity contribution in [1.29, 1.82) is 0 Å². The largest absolute Gasteiger partial charge is 0.487 e. The highest BCUT2D eigenvalue weighted by Crippen LogP contribution is 2.14. The summed E-state index contributed by atoms with van der Waals surface area (Å²) in [5.74, 6) is 0.647. The summed E-state index contributed by atoms with van der Waals surface area (Å²) in [6.07, 6.45) is 0. The van der Waals surface area contributed by atoms with Gasteiger partial charge in [0.2, 0.25) is 0 Å². The number of nitrogen functional groups attached to an aromatic ring is 1. The molecular weight excluding hydrogens is 254 g/mol. The molecule has 1 aromatic heterocycles. The number of aromatic amines is 1. The molecule has 0 saturated heterocycles. The molecule has 0 aliphatic carbocycles. The van der Waals surface area contributed by atoms with Crippen LogP contribution in [0.1, 0.15) is 5.69 Å². The van der Waals surface area contributed by atoms with Gasteiger partial charge in [0.25, 0.3) is 5.56 Å². The number of benzene rings is 2. The van der Waals surface area contributed by atoms with Crippen molar-refractivity contribution in [2.45, 2.75) is 6.61 Å². The summed E-state index contributed by atoms with van der Waals surface area (Å²) in [6.45, 7) is 0.115. The number of para-hydroxylation sites is 2. The molecule has 0 bridgehead atoms. The smallest absolute Gasteiger partial charge is 0.273 e. The Morgan fingerprint density at radius 1 is 1.10 bits per heavy atom. The van der Waals surface area contributed by atoms with Crippen LogP contribution < -0.4 is 16.0 Å². The molecule has 5 heteroatoms. The number of fused-ring (bicyclic) bond motifs is 1. The Balaban J connectivity index is 1.85. The number of aromatic nitrogens is 2. The highest BCUT2D eigenvalue weighted by atomic mass is 16.5. The first-order valence-electron chi connectivity index (χ1n) is 6.19. The quantitative estimate of drug-likeness (QED) is 0.712. The minimum atomic E-state index is -0.237. The maximum atomic E-state index is 11.9. The van der Waals surface area contributed by atoms with Crippen molar-refractivity contribution in [3.05, 3.63) is 64.6 Å². The topological polar surface area (TPSA) is 81.0 Å². The average molecular weight is 267 g/mol. The predicted molar refractivity (Wildman–Crippen MR) is 77.6 cm³/mol. The van der Waals surface area contributed by atoms with Gasteiger partial charge in [-0.2, -0.15) is 0 Å². The van der Waals surface area contributed by atoms with Crippen LogP contribution in [0.15, 0.2) is 53.3 Å². The predicted octanol–water partition coefficient (Wildman–Crippen LogP) is 2.08. The van der Waals surface area contributed by atoms with E-state index in [1.54, 1.807) is 24.3 Å². The van der Waals surface area contributed by atoms with Gasteiger partial charge in [0.15, 0.2) is 0 Å². The number of hydrogen-bond donors (Lipinski definition) is 2. The normalized spacial score (nSPS) is 10.6. The summed E-state index contributed by atoms with van der Waals surface area (Å²) in [6, 6.07) is 14.4. The van der Waals surface area contributed by atoms with Crippen LogP contribution in [-0.2, 0) is 6.61 Å². The molecular formula is C15H13N3O2. The van der Waals surface area contributed by atoms with Crippen molar-refractivity contribution >= 4 is 16.7 Å². The van der Waals surface area contributed by atoms with Crippen molar-refractivity contribution in [2.75, 3.05) is 5.73 Å². The van der Waals surface area contributed by atoms with Crippen LogP contribution in [0.2, 0.25) is 0 Å². The van der Waals surface area contributed by atoms with Gasteiger partial charge in [0.1, 0.15) is 18.1 Å². The second-order valence-corrected chi connectivity index (χ2v) is 4.39. The third kappa shape index (κ3) is 2.47. The lowest BCUT2D eigenvalue weighted by Gasteiger charge is -2.06. The summed E-state index contributed by atoms with van der Waals surface area (Å²) >= 11 is 0. The maximum absolute atomic E-state index is 11.9. The summed E-state index contributed by atoms with van der Waals surface area (Å²) < 4.78 is 5.54. The third-order valence-electron chi connectivity index (χ3n) is 2.93. The standard InChI is InChI=1S/C15H13N3O2/c16-10-5-7-11(8-6-10)20-9-14-15(19)18-13-4-2-1-3-12(13)17-14/h1-8H,9,16H2,(H,18,19). The minimum absolute atomic E-state index is 0.115. The monoisotopic (exact) mass is 267 g/mol. The van der Waals surface area contributed by atoms with Crippen LogP contribution in [0.5, 0.6) is 5.75 Å². The zero-order valence-electron chi connectivity index (χ0n) is 10.7. The summed E-state index contributed by atoms with van der Waals surface area (Å²) in [5, 5.41) is 0. The highest BCUT2D eigenvalue weighted by Gasteiger charge is 2.05. The lowest BCUT2D eigenvalue weighted by Crippen LogP contribution is -2.17. The molecule has 0 aliphatic heterocycles. The second kappa shape index (κ2) is 5.05. The van der Waals surface area contributed by atoms with E-state index >= 15 is 0 Å². The molecule has 100 valence electrons. The number of rotatable bonds is 3. The molecule has 0 saturated carbocycles. The van der Waals surface area contributed by atoms with Crippen LogP contribution in [-0.4, -0.2) is 9.97 Å². The van der Waals surface area contributed by atoms with E-state index in [1.807, 2.05) is 24.3 Å². The van der Waals surface area contributed by atoms with E-state index in [2.05, 4.69) is 9.97 Å². The van der Waals surface area contributed by atoms with E-state index in [0.717, 1.165) is 5.52 Å². The van der Waals surface area contributed by atoms with Gasteiger partial charge < -0.3 is 15.5 Å². The van der Waals surface area contributed by atoms with E-state index < -0.39 is 0 Å². The minimum Gasteiger partial charge on any atom is -0.487 e. The third-order valence-corrected chi connectivity index (χ3v) is 2.93. The van der Waals surface area contributed by atoms with E-state index in [9.17, 15) is 4.79 Å². The number of anilines is 1. The Morgan fingerprint density at radius 2 is 1.85 bits per heavy atom. The first kappa shape index (κ1) is 12.2. The summed E-state index contributed by atoms with van der Waals surface area (Å²) in [4.78, 5) is 19.0. The van der Waals surface area contributed by atoms with Crippen molar-refractivity contribution in [3.8, 4) is 5.75 Å². The van der Waals surface area contributed by atoms with Crippen LogP contribution in [0.25, 0.3) is 11.0 Å². The van der Waals surface area contributed by atoms with Crippen molar-refractivity contribution < 1.29 is 4.74 Å². The first-order chi connectivity index (χ1) is 9.72. The zero-order valence-corrected chi connectivity index (χ0v) is 10.7. The van der Waals surface area contributed by atoms with Gasteiger partial charge >= 0.3 is 0 Å².